The zero-order valence-electron chi connectivity index (χ0n) is 30.4. The van der Waals surface area contributed by atoms with Crippen LogP contribution < -0.4 is 0 Å². The van der Waals surface area contributed by atoms with E-state index in [-0.39, 0.29) is 0 Å². The van der Waals surface area contributed by atoms with Crippen molar-refractivity contribution in [2.45, 2.75) is 34.6 Å². The maximum absolute atomic E-state index is 9.60. The Labute approximate surface area is 309 Å². The lowest BCUT2D eigenvalue weighted by atomic mass is 9.93. The van der Waals surface area contributed by atoms with E-state index in [4.69, 9.17) is 6.57 Å². The average molecular weight is 681 g/mol. The van der Waals surface area contributed by atoms with Crippen LogP contribution in [0.25, 0.3) is 82.1 Å². The maximum Gasteiger partial charge on any atom is 0.195 e. The predicted molar refractivity (Wildman–Crippen MR) is 221 cm³/mol. The molecule has 0 aliphatic rings. The molecule has 0 bridgehead atoms. The molecule has 0 atom stereocenters. The lowest BCUT2D eigenvalue weighted by molar-refractivity contribution is 1.17. The number of fused-ring (bicyclic) bond motifs is 6. The minimum Gasteiger partial charge on any atom is -0.309 e. The highest BCUT2D eigenvalue weighted by molar-refractivity contribution is 6.11. The Balaban J connectivity index is 1.38. The molecular formula is C49H36N4. The van der Waals surface area contributed by atoms with E-state index >= 15 is 0 Å². The van der Waals surface area contributed by atoms with Gasteiger partial charge in [-0.1, -0.05) is 64.7 Å². The van der Waals surface area contributed by atoms with Crippen molar-refractivity contribution in [3.8, 4) is 39.7 Å². The Hall–Kier alpha value is -6.88. The molecule has 4 heteroatoms. The number of hydrogen-bond acceptors (Lipinski definition) is 1. The lowest BCUT2D eigenvalue weighted by Gasteiger charge is -2.19. The molecule has 0 N–H and O–H groups in total. The Bertz CT molecular complexity index is 2960. The summed E-state index contributed by atoms with van der Waals surface area (Å²) in [5.74, 6) is 0. The Morgan fingerprint density at radius 1 is 0.491 bits per heavy atom. The zero-order chi connectivity index (χ0) is 36.5. The molecule has 9 rings (SSSR count). The van der Waals surface area contributed by atoms with E-state index < -0.39 is 0 Å². The molecule has 252 valence electrons. The second-order valence-corrected chi connectivity index (χ2v) is 14.4. The van der Waals surface area contributed by atoms with E-state index in [1.807, 2.05) is 24.3 Å². The van der Waals surface area contributed by atoms with Crippen LogP contribution in [-0.4, -0.2) is 9.13 Å². The van der Waals surface area contributed by atoms with E-state index in [1.165, 1.54) is 43.8 Å². The van der Waals surface area contributed by atoms with Gasteiger partial charge < -0.3 is 9.13 Å². The van der Waals surface area contributed by atoms with Crippen LogP contribution in [0.15, 0.2) is 127 Å². The summed E-state index contributed by atoms with van der Waals surface area (Å²) >= 11 is 0. The molecule has 0 fully saturated rings. The van der Waals surface area contributed by atoms with Crippen molar-refractivity contribution in [3.05, 3.63) is 172 Å². The van der Waals surface area contributed by atoms with Crippen LogP contribution in [0.4, 0.5) is 5.69 Å². The van der Waals surface area contributed by atoms with Gasteiger partial charge >= 0.3 is 0 Å². The summed E-state index contributed by atoms with van der Waals surface area (Å²) in [6, 6.07) is 47.7. The highest BCUT2D eigenvalue weighted by atomic mass is 15.0. The van der Waals surface area contributed by atoms with Gasteiger partial charge in [-0.05, 0) is 147 Å². The first-order valence-electron chi connectivity index (χ1n) is 17.9. The van der Waals surface area contributed by atoms with Crippen molar-refractivity contribution in [1.82, 2.24) is 9.13 Å². The highest BCUT2D eigenvalue weighted by Gasteiger charge is 2.21. The van der Waals surface area contributed by atoms with Gasteiger partial charge in [0, 0.05) is 27.2 Å². The van der Waals surface area contributed by atoms with Crippen LogP contribution in [0.5, 0.6) is 0 Å². The number of hydrogen-bond donors (Lipinski definition) is 0. The van der Waals surface area contributed by atoms with Crippen molar-refractivity contribution in [3.63, 3.8) is 0 Å². The minimum atomic E-state index is 0.587. The van der Waals surface area contributed by atoms with Gasteiger partial charge in [0.1, 0.15) is 0 Å². The van der Waals surface area contributed by atoms with Gasteiger partial charge in [0.15, 0.2) is 5.69 Å². The normalized spacial score (nSPS) is 11.5. The number of nitriles is 1. The predicted octanol–water partition coefficient (Wildman–Crippen LogP) is 13.2. The van der Waals surface area contributed by atoms with E-state index in [9.17, 15) is 5.26 Å². The molecule has 0 radical (unpaired) electrons. The summed E-state index contributed by atoms with van der Waals surface area (Å²) in [4.78, 5) is 4.13. The second kappa shape index (κ2) is 12.1. The van der Waals surface area contributed by atoms with Gasteiger partial charge in [0.2, 0.25) is 0 Å². The van der Waals surface area contributed by atoms with Crippen LogP contribution in [-0.2, 0) is 0 Å². The van der Waals surface area contributed by atoms with E-state index in [0.717, 1.165) is 61.3 Å². The number of benzene rings is 7. The van der Waals surface area contributed by atoms with E-state index in [1.54, 1.807) is 0 Å². The average Bonchev–Trinajstić information content (AvgIpc) is 3.65. The second-order valence-electron chi connectivity index (χ2n) is 14.4. The van der Waals surface area contributed by atoms with E-state index in [2.05, 4.69) is 158 Å². The molecule has 0 saturated carbocycles. The van der Waals surface area contributed by atoms with Gasteiger partial charge in [-0.25, -0.2) is 4.85 Å². The molecule has 0 unspecified atom stereocenters. The summed E-state index contributed by atoms with van der Waals surface area (Å²) in [6.07, 6.45) is 0. The molecule has 0 amide bonds. The topological polar surface area (TPSA) is 38.0 Å². The third-order valence-corrected chi connectivity index (χ3v) is 10.7. The SMILES string of the molecule is [C-]#[N+]c1ccc(-n2c3ccc(C)cc3c3cc(C)ccc32)cc1-c1cc(-c2ccc(C#N)cc2C)ccc1-n1c2ccc(C)cc2c2cc(C)ccc21. The van der Waals surface area contributed by atoms with Crippen molar-refractivity contribution in [1.29, 1.82) is 5.26 Å². The van der Waals surface area contributed by atoms with Crippen LogP contribution in [0.3, 0.4) is 0 Å². The van der Waals surface area contributed by atoms with Gasteiger partial charge in [0.05, 0.1) is 46.0 Å². The van der Waals surface area contributed by atoms with E-state index in [0.29, 0.717) is 11.3 Å². The Morgan fingerprint density at radius 3 is 1.51 bits per heavy atom. The smallest absolute Gasteiger partial charge is 0.195 e. The standard InChI is InChI=1S/C49H36N4/c1-29-7-16-45-39(21-29)40-22-30(2)8-17-46(40)52(45)36-13-15-44(51-6)38(27-36)43-26-35(37-14-11-34(28-50)25-33(37)5)12-20-49(43)53-47-18-9-31(3)23-41(47)42-24-32(4)10-19-48(42)53/h7-27H,1-5H3. The molecule has 9 aromatic rings. The van der Waals surface area contributed by atoms with Crippen molar-refractivity contribution >= 4 is 49.3 Å². The first kappa shape index (κ1) is 32.1. The van der Waals surface area contributed by atoms with Gasteiger partial charge in [-0.3, -0.25) is 0 Å². The van der Waals surface area contributed by atoms with Crippen LogP contribution in [0.2, 0.25) is 0 Å². The van der Waals surface area contributed by atoms with Gasteiger partial charge in [-0.2, -0.15) is 5.26 Å². The summed E-state index contributed by atoms with van der Waals surface area (Å²) < 4.78 is 4.70. The molecule has 2 aromatic heterocycles. The maximum atomic E-state index is 9.60. The quantitative estimate of drug-likeness (QED) is 0.171. The third-order valence-electron chi connectivity index (χ3n) is 10.7. The monoisotopic (exact) mass is 680 g/mol. The summed E-state index contributed by atoms with van der Waals surface area (Å²) in [7, 11) is 0. The third kappa shape index (κ3) is 5.11. The number of rotatable bonds is 4. The van der Waals surface area contributed by atoms with Crippen molar-refractivity contribution < 1.29 is 0 Å². The number of aromatic nitrogens is 2. The molecule has 0 saturated heterocycles. The fraction of sp³-hybridized carbons (Fsp3) is 0.102. The number of nitrogens with zero attached hydrogens (tertiary/aromatic N) is 4. The van der Waals surface area contributed by atoms with Crippen molar-refractivity contribution in [2.75, 3.05) is 0 Å². The first-order valence-corrected chi connectivity index (χ1v) is 17.9. The van der Waals surface area contributed by atoms with Gasteiger partial charge in [0.25, 0.3) is 0 Å². The fourth-order valence-electron chi connectivity index (χ4n) is 8.19. The minimum absolute atomic E-state index is 0.587. The summed E-state index contributed by atoms with van der Waals surface area (Å²) in [6.45, 7) is 19.0. The molecule has 0 spiro atoms. The summed E-state index contributed by atoms with van der Waals surface area (Å²) in [5, 5.41) is 14.4. The molecule has 0 aliphatic heterocycles. The fourth-order valence-corrected chi connectivity index (χ4v) is 8.19. The first-order chi connectivity index (χ1) is 25.7. The molecule has 53 heavy (non-hydrogen) atoms. The number of aryl methyl sites for hydroxylation is 5. The van der Waals surface area contributed by atoms with Crippen LogP contribution in [0.1, 0.15) is 33.4 Å². The van der Waals surface area contributed by atoms with Gasteiger partial charge in [-0.15, -0.1) is 0 Å². The summed E-state index contributed by atoms with van der Waals surface area (Å²) in [5.41, 5.74) is 17.5. The zero-order valence-corrected chi connectivity index (χ0v) is 30.4. The van der Waals surface area contributed by atoms with Crippen LogP contribution in [0, 0.1) is 52.5 Å². The molecule has 4 nitrogen and oxygen atoms in total. The lowest BCUT2D eigenvalue weighted by Crippen LogP contribution is -2.00. The molecular weight excluding hydrogens is 645 g/mol. The van der Waals surface area contributed by atoms with Crippen molar-refractivity contribution in [2.24, 2.45) is 0 Å². The largest absolute Gasteiger partial charge is 0.309 e. The Morgan fingerprint density at radius 2 is 1.02 bits per heavy atom. The van der Waals surface area contributed by atoms with Crippen LogP contribution >= 0.6 is 0 Å². The molecule has 0 aliphatic carbocycles. The Kier molecular flexibility index (Phi) is 7.33. The highest BCUT2D eigenvalue weighted by Crippen LogP contribution is 2.43. The molecule has 2 heterocycles. The molecule has 7 aromatic carbocycles.